The normalized spacial score (nSPS) is 19.0. The Kier molecular flexibility index (Phi) is 16.9. The molecule has 7 aromatic rings. The van der Waals surface area contributed by atoms with Gasteiger partial charge < -0.3 is 36.4 Å². The van der Waals surface area contributed by atoms with E-state index < -0.39 is 76.4 Å². The highest BCUT2D eigenvalue weighted by molar-refractivity contribution is 7.92. The van der Waals surface area contributed by atoms with Crippen LogP contribution in [-0.4, -0.2) is 106 Å². The first kappa shape index (κ1) is 55.2. The number of aliphatic imine (C=N–C) groups is 1. The van der Waals surface area contributed by atoms with E-state index in [1.54, 1.807) is 53.4 Å². The van der Waals surface area contributed by atoms with Crippen molar-refractivity contribution in [2.45, 2.75) is 70.5 Å². The fourth-order valence-electron chi connectivity index (χ4n) is 8.10. The SMILES string of the molecule is CNC(=O)C[C@@H]1NC(=O)c2csc(n2)C2=CCC(c3nc(NS(C)(=O)=O)cs3)=NC2c2csc(n2)-c2csc(n2)[C@H]([C@@H](O)c2ccccc2)NC(=O)CNC(=O)c2nc(sc2COC)[C@@H](C(C)C)NC(=O)c2nc1sc2C. The minimum atomic E-state index is -3.61. The molecule has 1 aromatic carbocycles. The summed E-state index contributed by atoms with van der Waals surface area (Å²) in [6.45, 7) is 4.97. The Hall–Kier alpha value is -6.57. The number of aryl methyl sites for hydroxylation is 1. The summed E-state index contributed by atoms with van der Waals surface area (Å²) in [5.41, 5.74) is 2.73. The Morgan fingerprint density at radius 1 is 0.805 bits per heavy atom. The van der Waals surface area contributed by atoms with E-state index in [4.69, 9.17) is 24.7 Å². The number of amides is 5. The maximum Gasteiger partial charge on any atom is 0.271 e. The van der Waals surface area contributed by atoms with Gasteiger partial charge in [0.15, 0.2) is 5.82 Å². The van der Waals surface area contributed by atoms with Gasteiger partial charge in [0.2, 0.25) is 21.8 Å². The summed E-state index contributed by atoms with van der Waals surface area (Å²) in [6, 6.07) is 5.21. The first-order chi connectivity index (χ1) is 36.9. The van der Waals surface area contributed by atoms with Crippen LogP contribution in [0.15, 0.2) is 62.9 Å². The molecule has 77 heavy (non-hydrogen) atoms. The van der Waals surface area contributed by atoms with Crippen LogP contribution >= 0.6 is 68.0 Å². The number of benzene rings is 1. The van der Waals surface area contributed by atoms with Crippen molar-refractivity contribution < 1.29 is 42.2 Å². The molecule has 10 bridgehead atoms. The highest BCUT2D eigenvalue weighted by Gasteiger charge is 2.34. The molecule has 5 amide bonds. The van der Waals surface area contributed by atoms with Gasteiger partial charge in [-0.2, -0.15) is 0 Å². The van der Waals surface area contributed by atoms with Crippen LogP contribution in [0, 0.1) is 12.8 Å². The van der Waals surface area contributed by atoms with Crippen molar-refractivity contribution in [1.29, 1.82) is 0 Å². The zero-order valence-corrected chi connectivity index (χ0v) is 47.5. The molecular formula is C48H49N13O9S7. The van der Waals surface area contributed by atoms with Gasteiger partial charge in [-0.05, 0) is 18.4 Å². The molecule has 7 N–H and O–H groups in total. The average molecular weight is 1180 g/mol. The number of carbonyl (C=O) groups excluding carboxylic acids is 5. The van der Waals surface area contributed by atoms with Crippen molar-refractivity contribution >= 4 is 125 Å². The second-order valence-electron chi connectivity index (χ2n) is 17.8. The molecule has 0 spiro atoms. The van der Waals surface area contributed by atoms with Crippen molar-refractivity contribution in [1.82, 2.24) is 56.5 Å². The number of aromatic nitrogens is 6. The van der Waals surface area contributed by atoms with E-state index in [0.717, 1.165) is 17.6 Å². The van der Waals surface area contributed by atoms with E-state index in [9.17, 15) is 37.5 Å². The number of nitrogens with one attached hydrogen (secondary N) is 6. The Morgan fingerprint density at radius 2 is 1.55 bits per heavy atom. The molecule has 0 fully saturated rings. The van der Waals surface area contributed by atoms with Crippen LogP contribution in [0.4, 0.5) is 5.82 Å². The number of dihydropyridines is 1. The molecule has 0 saturated heterocycles. The molecule has 0 radical (unpaired) electrons. The van der Waals surface area contributed by atoms with Gasteiger partial charge in [0, 0.05) is 52.5 Å². The van der Waals surface area contributed by atoms with Crippen molar-refractivity contribution in [3.05, 3.63) is 121 Å². The van der Waals surface area contributed by atoms with E-state index in [2.05, 4.69) is 46.3 Å². The number of hydrogen-bond acceptors (Lipinski definition) is 22. The summed E-state index contributed by atoms with van der Waals surface area (Å²) in [7, 11) is -0.670. The first-order valence-electron chi connectivity index (χ1n) is 23.5. The third kappa shape index (κ3) is 12.7. The summed E-state index contributed by atoms with van der Waals surface area (Å²) in [4.78, 5) is 104. The monoisotopic (exact) mass is 1180 g/mol. The Morgan fingerprint density at radius 3 is 2.29 bits per heavy atom. The zero-order valence-electron chi connectivity index (χ0n) is 41.8. The maximum atomic E-state index is 14.2. The number of thiazole rings is 6. The number of carbonyl (C=O) groups is 5. The number of aliphatic hydroxyl groups is 1. The molecule has 2 aliphatic heterocycles. The van der Waals surface area contributed by atoms with E-state index in [1.165, 1.54) is 70.8 Å². The minimum absolute atomic E-state index is 0.000816. The van der Waals surface area contributed by atoms with Gasteiger partial charge >= 0.3 is 0 Å². The summed E-state index contributed by atoms with van der Waals surface area (Å²) in [5.74, 6) is -2.95. The molecule has 22 nitrogen and oxygen atoms in total. The second-order valence-corrected chi connectivity index (χ2v) is 25.4. The van der Waals surface area contributed by atoms with Crippen molar-refractivity contribution in [3.8, 4) is 10.7 Å². The van der Waals surface area contributed by atoms with Crippen LogP contribution in [0.3, 0.4) is 0 Å². The Balaban J connectivity index is 1.12. The number of methoxy groups -OCH3 is 1. The number of anilines is 1. The molecule has 402 valence electrons. The average Bonchev–Trinajstić information content (AvgIpc) is 4.31. The maximum absolute atomic E-state index is 14.2. The summed E-state index contributed by atoms with van der Waals surface area (Å²) < 4.78 is 31.9. The molecular weight excluding hydrogens is 1130 g/mol. The minimum Gasteiger partial charge on any atom is -0.386 e. The lowest BCUT2D eigenvalue weighted by Crippen LogP contribution is -2.40. The number of ether oxygens (including phenoxy) is 1. The fourth-order valence-corrected chi connectivity index (χ4v) is 14.3. The van der Waals surface area contributed by atoms with Crippen molar-refractivity contribution in [2.75, 3.05) is 31.7 Å². The molecule has 0 aliphatic carbocycles. The van der Waals surface area contributed by atoms with Gasteiger partial charge in [0.1, 0.15) is 71.0 Å². The van der Waals surface area contributed by atoms with Gasteiger partial charge in [-0.15, -0.1) is 68.0 Å². The first-order valence-corrected chi connectivity index (χ1v) is 30.6. The number of aliphatic hydroxyl groups excluding tert-OH is 1. The lowest BCUT2D eigenvalue weighted by Gasteiger charge is -2.23. The van der Waals surface area contributed by atoms with Crippen molar-refractivity contribution in [3.63, 3.8) is 0 Å². The van der Waals surface area contributed by atoms with Crippen LogP contribution < -0.4 is 31.3 Å². The fraction of sp³-hybridized carbons (Fsp3) is 0.333. The predicted molar refractivity (Wildman–Crippen MR) is 296 cm³/mol. The van der Waals surface area contributed by atoms with Gasteiger partial charge in [0.05, 0.1) is 54.2 Å². The quantitative estimate of drug-likeness (QED) is 0.0790. The summed E-state index contributed by atoms with van der Waals surface area (Å²) in [5, 5.41) is 35.1. The van der Waals surface area contributed by atoms with E-state index in [0.29, 0.717) is 68.0 Å². The topological polar surface area (TPSA) is 311 Å². The molecule has 2 aliphatic rings. The molecule has 1 unspecified atom stereocenters. The number of nitrogens with zero attached hydrogens (tertiary/aromatic N) is 7. The lowest BCUT2D eigenvalue weighted by molar-refractivity contribution is -0.122. The number of allylic oxidation sites excluding steroid dienone is 1. The van der Waals surface area contributed by atoms with Crippen molar-refractivity contribution in [2.24, 2.45) is 10.9 Å². The molecule has 5 atom stereocenters. The zero-order chi connectivity index (χ0) is 54.7. The Labute approximate surface area is 465 Å². The summed E-state index contributed by atoms with van der Waals surface area (Å²) in [6.07, 6.45) is 1.74. The second kappa shape index (κ2) is 23.6. The summed E-state index contributed by atoms with van der Waals surface area (Å²) >= 11 is 7.21. The van der Waals surface area contributed by atoms with Gasteiger partial charge in [-0.1, -0.05) is 50.3 Å². The van der Waals surface area contributed by atoms with E-state index in [-0.39, 0.29) is 48.3 Å². The third-order valence-corrected chi connectivity index (χ3v) is 18.2. The molecule has 0 saturated carbocycles. The van der Waals surface area contributed by atoms with Gasteiger partial charge in [-0.3, -0.25) is 33.7 Å². The van der Waals surface area contributed by atoms with Crippen LogP contribution in [0.1, 0.15) is 134 Å². The third-order valence-electron chi connectivity index (χ3n) is 11.8. The highest BCUT2D eigenvalue weighted by Crippen LogP contribution is 2.42. The van der Waals surface area contributed by atoms with Crippen LogP contribution in [0.2, 0.25) is 0 Å². The standard InChI is InChI=1S/C48H49N13O9S7/c1-21(2)34-48-60-37(30(76-48)16-70-5)41(66)50-15-33(63)57-38(39(64)23-10-8-7-9-11-23)47-55-29(19-73-47)45-53-27(17-72-45)36-24(12-13-25(51-36)44-56-31(20-74-44)61-77(6,68)69)43-54-28(18-71-43)40(65)52-26(14-32(62)49-4)46-59-35(22(3)75-46)42(67)58-34/h7-12,17-21,26,34,36,38-39,61,64H,13-16H2,1-6H3,(H,49,62)(H,50,66)(H,52,65)(H,57,63)(H,58,67)/t26-,34+,36?,38-,39-/m0/s1. The largest absolute Gasteiger partial charge is 0.386 e. The smallest absolute Gasteiger partial charge is 0.271 e. The number of fused-ring (bicyclic) bond motifs is 14. The van der Waals surface area contributed by atoms with Gasteiger partial charge in [0.25, 0.3) is 17.7 Å². The molecule has 29 heteroatoms. The predicted octanol–water partition coefficient (Wildman–Crippen LogP) is 6.31. The molecule has 6 aromatic heterocycles. The lowest BCUT2D eigenvalue weighted by atomic mass is 9.99. The molecule has 8 heterocycles. The van der Waals surface area contributed by atoms with Crippen LogP contribution in [0.25, 0.3) is 16.3 Å². The number of hydrogen-bond donors (Lipinski definition) is 7. The Bertz CT molecular complexity index is 3540. The number of rotatable bonds is 10. The van der Waals surface area contributed by atoms with Crippen LogP contribution in [0.5, 0.6) is 0 Å². The van der Waals surface area contributed by atoms with Crippen LogP contribution in [-0.2, 0) is 31.0 Å². The molecule has 9 rings (SSSR count). The number of sulfonamides is 1. The van der Waals surface area contributed by atoms with Gasteiger partial charge in [-0.25, -0.2) is 38.3 Å². The van der Waals surface area contributed by atoms with E-state index >= 15 is 0 Å². The highest BCUT2D eigenvalue weighted by atomic mass is 32.2. The van der Waals surface area contributed by atoms with E-state index in [1.807, 2.05) is 25.3 Å².